The summed E-state index contributed by atoms with van der Waals surface area (Å²) in [6, 6.07) is 0. The fraction of sp³-hybridized carbons (Fsp3) is 0.938. The third-order valence-corrected chi connectivity index (χ3v) is 5.05. The zero-order valence-corrected chi connectivity index (χ0v) is 13.9. The van der Waals surface area contributed by atoms with Crippen molar-refractivity contribution < 1.29 is 4.79 Å². The second kappa shape index (κ2) is 8.23. The van der Waals surface area contributed by atoms with Crippen molar-refractivity contribution in [1.29, 1.82) is 0 Å². The van der Waals surface area contributed by atoms with Gasteiger partial charge in [0.2, 0.25) is 5.91 Å². The minimum Gasteiger partial charge on any atom is -0.351 e. The number of piperidine rings is 1. The van der Waals surface area contributed by atoms with E-state index in [9.17, 15) is 4.79 Å². The van der Waals surface area contributed by atoms with Crippen LogP contribution in [0, 0.1) is 11.8 Å². The number of hydrogen-bond donors (Lipinski definition) is 2. The van der Waals surface area contributed by atoms with Gasteiger partial charge in [-0.3, -0.25) is 4.79 Å². The summed E-state index contributed by atoms with van der Waals surface area (Å²) in [4.78, 5) is 12.2. The van der Waals surface area contributed by atoms with Gasteiger partial charge in [-0.25, -0.2) is 0 Å². The summed E-state index contributed by atoms with van der Waals surface area (Å²) in [5, 5.41) is 6.75. The molecule has 0 spiro atoms. The van der Waals surface area contributed by atoms with Crippen LogP contribution in [0.5, 0.6) is 0 Å². The number of rotatable bonds is 4. The molecule has 2 rings (SSSR count). The molecule has 0 bridgehead atoms. The van der Waals surface area contributed by atoms with Crippen molar-refractivity contribution in [2.24, 2.45) is 11.8 Å². The Kier molecular flexibility index (Phi) is 7.32. The first-order chi connectivity index (χ1) is 9.09. The lowest BCUT2D eigenvalue weighted by Crippen LogP contribution is -2.48. The van der Waals surface area contributed by atoms with Crippen LogP contribution in [-0.2, 0) is 4.79 Å². The van der Waals surface area contributed by atoms with Gasteiger partial charge in [0.25, 0.3) is 0 Å². The van der Waals surface area contributed by atoms with Crippen molar-refractivity contribution in [3.63, 3.8) is 0 Å². The van der Waals surface area contributed by atoms with Gasteiger partial charge in [0, 0.05) is 12.0 Å². The van der Waals surface area contributed by atoms with Crippen LogP contribution in [0.4, 0.5) is 0 Å². The van der Waals surface area contributed by atoms with Crippen LogP contribution in [0.15, 0.2) is 0 Å². The molecule has 1 saturated heterocycles. The van der Waals surface area contributed by atoms with Crippen LogP contribution in [0.1, 0.15) is 65.2 Å². The molecule has 0 aromatic rings. The fourth-order valence-electron chi connectivity index (χ4n) is 3.67. The Bertz CT molecular complexity index is 297. The average molecular weight is 303 g/mol. The summed E-state index contributed by atoms with van der Waals surface area (Å²) < 4.78 is 0. The second-order valence-corrected chi connectivity index (χ2v) is 6.96. The van der Waals surface area contributed by atoms with Crippen LogP contribution < -0.4 is 10.6 Å². The maximum atomic E-state index is 12.2. The van der Waals surface area contributed by atoms with Gasteiger partial charge in [0.05, 0.1) is 0 Å². The SMILES string of the molecule is CC(CC(=O)NC1(C)CCCCC1)C1CCCNC1.Cl. The molecule has 3 nitrogen and oxygen atoms in total. The van der Waals surface area contributed by atoms with Crippen molar-refractivity contribution in [2.75, 3.05) is 13.1 Å². The summed E-state index contributed by atoms with van der Waals surface area (Å²) in [6.45, 7) is 6.69. The third kappa shape index (κ3) is 5.25. The molecule has 1 aliphatic carbocycles. The van der Waals surface area contributed by atoms with Crippen molar-refractivity contribution >= 4 is 18.3 Å². The lowest BCUT2D eigenvalue weighted by Gasteiger charge is -2.35. The summed E-state index contributed by atoms with van der Waals surface area (Å²) in [5.74, 6) is 1.45. The number of halogens is 1. The highest BCUT2D eigenvalue weighted by Gasteiger charge is 2.29. The van der Waals surface area contributed by atoms with Crippen LogP contribution in [-0.4, -0.2) is 24.5 Å². The normalized spacial score (nSPS) is 27.2. The Hall–Kier alpha value is -0.280. The number of carbonyl (C=O) groups excluding carboxylic acids is 1. The number of nitrogens with one attached hydrogen (secondary N) is 2. The van der Waals surface area contributed by atoms with Crippen LogP contribution in [0.3, 0.4) is 0 Å². The quantitative estimate of drug-likeness (QED) is 0.837. The Labute approximate surface area is 130 Å². The monoisotopic (exact) mass is 302 g/mol. The molecule has 0 aromatic heterocycles. The molecular formula is C16H31ClN2O. The first-order valence-electron chi connectivity index (χ1n) is 8.11. The molecule has 0 radical (unpaired) electrons. The number of hydrogen-bond acceptors (Lipinski definition) is 2. The lowest BCUT2D eigenvalue weighted by molar-refractivity contribution is -0.124. The first-order valence-corrected chi connectivity index (χ1v) is 8.11. The molecule has 1 heterocycles. The maximum absolute atomic E-state index is 12.2. The van der Waals surface area contributed by atoms with Gasteiger partial charge in [-0.1, -0.05) is 26.2 Å². The third-order valence-electron chi connectivity index (χ3n) is 5.05. The minimum atomic E-state index is 0. The Morgan fingerprint density at radius 1 is 1.30 bits per heavy atom. The predicted octanol–water partition coefficient (Wildman–Crippen LogP) is 3.27. The summed E-state index contributed by atoms with van der Waals surface area (Å²) in [6.07, 6.45) is 9.39. The van der Waals surface area contributed by atoms with Crippen molar-refractivity contribution in [1.82, 2.24) is 10.6 Å². The molecule has 2 unspecified atom stereocenters. The van der Waals surface area contributed by atoms with E-state index >= 15 is 0 Å². The van der Waals surface area contributed by atoms with Gasteiger partial charge in [0.15, 0.2) is 0 Å². The molecule has 2 aliphatic rings. The molecule has 1 saturated carbocycles. The van der Waals surface area contributed by atoms with Crippen molar-refractivity contribution in [2.45, 2.75) is 70.8 Å². The van der Waals surface area contributed by atoms with Gasteiger partial charge in [0.1, 0.15) is 0 Å². The fourth-order valence-corrected chi connectivity index (χ4v) is 3.67. The Balaban J connectivity index is 0.00000200. The first kappa shape index (κ1) is 17.8. The van der Waals surface area contributed by atoms with E-state index in [0.717, 1.165) is 25.9 Å². The topological polar surface area (TPSA) is 41.1 Å². The van der Waals surface area contributed by atoms with Gasteiger partial charge < -0.3 is 10.6 Å². The Morgan fingerprint density at radius 2 is 2.00 bits per heavy atom. The van der Waals surface area contributed by atoms with Crippen molar-refractivity contribution in [3.8, 4) is 0 Å². The van der Waals surface area contributed by atoms with E-state index in [1.807, 2.05) is 0 Å². The molecule has 118 valence electrons. The number of amides is 1. The van der Waals surface area contributed by atoms with Gasteiger partial charge in [-0.15, -0.1) is 12.4 Å². The maximum Gasteiger partial charge on any atom is 0.220 e. The highest BCUT2D eigenvalue weighted by molar-refractivity contribution is 5.85. The molecular weight excluding hydrogens is 272 g/mol. The molecule has 0 aromatic carbocycles. The molecule has 2 atom stereocenters. The average Bonchev–Trinajstić information content (AvgIpc) is 2.39. The van der Waals surface area contributed by atoms with Crippen LogP contribution in [0.2, 0.25) is 0 Å². The summed E-state index contributed by atoms with van der Waals surface area (Å²) in [7, 11) is 0. The van der Waals surface area contributed by atoms with E-state index in [1.165, 1.54) is 32.1 Å². The molecule has 20 heavy (non-hydrogen) atoms. The van der Waals surface area contributed by atoms with Gasteiger partial charge >= 0.3 is 0 Å². The number of carbonyl (C=O) groups is 1. The second-order valence-electron chi connectivity index (χ2n) is 6.96. The van der Waals surface area contributed by atoms with Gasteiger partial charge in [-0.2, -0.15) is 0 Å². The summed E-state index contributed by atoms with van der Waals surface area (Å²) >= 11 is 0. The van der Waals surface area contributed by atoms with Gasteiger partial charge in [-0.05, 0) is 57.5 Å². The highest BCUT2D eigenvalue weighted by atomic mass is 35.5. The molecule has 1 amide bonds. The molecule has 2 N–H and O–H groups in total. The van der Waals surface area contributed by atoms with E-state index < -0.39 is 0 Å². The Morgan fingerprint density at radius 3 is 2.60 bits per heavy atom. The standard InChI is InChI=1S/C16H30N2O.ClH/c1-13(14-7-6-10-17-12-14)11-15(19)18-16(2)8-4-3-5-9-16;/h13-14,17H,3-12H2,1-2H3,(H,18,19);1H. The largest absolute Gasteiger partial charge is 0.351 e. The molecule has 1 aliphatic heterocycles. The van der Waals surface area contributed by atoms with E-state index in [1.54, 1.807) is 0 Å². The van der Waals surface area contributed by atoms with Crippen LogP contribution in [0.25, 0.3) is 0 Å². The molecule has 4 heteroatoms. The van der Waals surface area contributed by atoms with E-state index in [4.69, 9.17) is 0 Å². The zero-order valence-electron chi connectivity index (χ0n) is 13.0. The van der Waals surface area contributed by atoms with E-state index in [2.05, 4.69) is 24.5 Å². The highest BCUT2D eigenvalue weighted by Crippen LogP contribution is 2.28. The zero-order chi connectivity index (χ0) is 13.7. The molecule has 2 fully saturated rings. The van der Waals surface area contributed by atoms with Crippen molar-refractivity contribution in [3.05, 3.63) is 0 Å². The van der Waals surface area contributed by atoms with Crippen LogP contribution >= 0.6 is 12.4 Å². The van der Waals surface area contributed by atoms with E-state index in [0.29, 0.717) is 18.3 Å². The predicted molar refractivity (Wildman–Crippen MR) is 86.3 cm³/mol. The minimum absolute atomic E-state index is 0. The van der Waals surface area contributed by atoms with E-state index in [-0.39, 0.29) is 23.9 Å². The lowest BCUT2D eigenvalue weighted by atomic mass is 9.82. The summed E-state index contributed by atoms with van der Waals surface area (Å²) in [5.41, 5.74) is 0.0693. The smallest absolute Gasteiger partial charge is 0.220 e.